The Morgan fingerprint density at radius 3 is 2.27 bits per heavy atom. The van der Waals surface area contributed by atoms with E-state index >= 15 is 0 Å². The number of carbonyl (C=O) groups excluding carboxylic acids is 2. The number of anilines is 1. The number of aryl methyl sites for hydroxylation is 2. The minimum Gasteiger partial charge on any atom is -0.339 e. The fraction of sp³-hybridized carbons (Fsp3) is 0.364. The third-order valence-electron chi connectivity index (χ3n) is 4.52. The summed E-state index contributed by atoms with van der Waals surface area (Å²) in [4.78, 5) is 28.3. The Kier molecular flexibility index (Phi) is 6.96. The van der Waals surface area contributed by atoms with Crippen molar-refractivity contribution >= 4 is 17.5 Å². The van der Waals surface area contributed by atoms with Crippen molar-refractivity contribution in [3.05, 3.63) is 65.2 Å². The standard InChI is InChI=1S/C22H28N2O2/c1-5-23(16-20-9-7-6-8-10-20)22(26)13-14-24(19(4)25)21-12-11-17(2)15-18(21)3/h6-12,15H,5,13-14,16H2,1-4H3. The lowest BCUT2D eigenvalue weighted by molar-refractivity contribution is -0.131. The van der Waals surface area contributed by atoms with Crippen LogP contribution in [0, 0.1) is 13.8 Å². The van der Waals surface area contributed by atoms with Crippen LogP contribution in [0.25, 0.3) is 0 Å². The quantitative estimate of drug-likeness (QED) is 0.753. The molecule has 0 fully saturated rings. The first-order valence-corrected chi connectivity index (χ1v) is 9.09. The van der Waals surface area contributed by atoms with Gasteiger partial charge in [0, 0.05) is 38.7 Å². The van der Waals surface area contributed by atoms with Gasteiger partial charge in [0.15, 0.2) is 0 Å². The molecule has 0 spiro atoms. The summed E-state index contributed by atoms with van der Waals surface area (Å²) in [5.41, 5.74) is 4.19. The van der Waals surface area contributed by atoms with Crippen LogP contribution in [0.1, 0.15) is 37.0 Å². The van der Waals surface area contributed by atoms with Crippen LogP contribution in [-0.2, 0) is 16.1 Å². The van der Waals surface area contributed by atoms with Crippen LogP contribution in [0.4, 0.5) is 5.69 Å². The molecule has 4 heteroatoms. The molecule has 0 heterocycles. The third kappa shape index (κ3) is 5.19. The normalized spacial score (nSPS) is 10.5. The lowest BCUT2D eigenvalue weighted by Gasteiger charge is -2.26. The minimum absolute atomic E-state index is 0.0455. The Morgan fingerprint density at radius 1 is 1.00 bits per heavy atom. The molecule has 26 heavy (non-hydrogen) atoms. The molecule has 2 aromatic rings. The minimum atomic E-state index is -0.0455. The molecule has 0 aromatic heterocycles. The number of nitrogens with zero attached hydrogens (tertiary/aromatic N) is 2. The fourth-order valence-electron chi connectivity index (χ4n) is 3.10. The average molecular weight is 352 g/mol. The van der Waals surface area contributed by atoms with Crippen LogP contribution in [0.15, 0.2) is 48.5 Å². The van der Waals surface area contributed by atoms with Gasteiger partial charge >= 0.3 is 0 Å². The Balaban J connectivity index is 2.05. The van der Waals surface area contributed by atoms with Crippen molar-refractivity contribution in [2.45, 2.75) is 40.7 Å². The molecule has 0 N–H and O–H groups in total. The van der Waals surface area contributed by atoms with Gasteiger partial charge in [-0.1, -0.05) is 48.0 Å². The van der Waals surface area contributed by atoms with E-state index in [0.29, 0.717) is 26.1 Å². The number of benzene rings is 2. The molecule has 0 saturated heterocycles. The Hall–Kier alpha value is -2.62. The maximum absolute atomic E-state index is 12.7. The predicted octanol–water partition coefficient (Wildman–Crippen LogP) is 4.10. The molecule has 2 amide bonds. The van der Waals surface area contributed by atoms with Gasteiger partial charge in [-0.25, -0.2) is 0 Å². The topological polar surface area (TPSA) is 40.6 Å². The number of hydrogen-bond donors (Lipinski definition) is 0. The Morgan fingerprint density at radius 2 is 1.69 bits per heavy atom. The van der Waals surface area contributed by atoms with Crippen LogP contribution in [0.5, 0.6) is 0 Å². The zero-order valence-corrected chi connectivity index (χ0v) is 16.2. The second-order valence-electron chi connectivity index (χ2n) is 6.60. The third-order valence-corrected chi connectivity index (χ3v) is 4.52. The van der Waals surface area contributed by atoms with E-state index in [1.54, 1.807) is 11.8 Å². The van der Waals surface area contributed by atoms with E-state index in [-0.39, 0.29) is 11.8 Å². The van der Waals surface area contributed by atoms with Crippen molar-refractivity contribution in [2.75, 3.05) is 18.0 Å². The van der Waals surface area contributed by atoms with Crippen LogP contribution >= 0.6 is 0 Å². The predicted molar refractivity (Wildman–Crippen MR) is 106 cm³/mol. The maximum atomic E-state index is 12.7. The highest BCUT2D eigenvalue weighted by molar-refractivity contribution is 5.93. The smallest absolute Gasteiger partial charge is 0.224 e. The number of carbonyl (C=O) groups is 2. The molecule has 2 aromatic carbocycles. The number of rotatable bonds is 7. The molecule has 0 aliphatic rings. The summed E-state index contributed by atoms with van der Waals surface area (Å²) in [5.74, 6) is 0.0169. The maximum Gasteiger partial charge on any atom is 0.224 e. The van der Waals surface area contributed by atoms with Gasteiger partial charge < -0.3 is 9.80 Å². The molecule has 2 rings (SSSR count). The van der Waals surface area contributed by atoms with Crippen molar-refractivity contribution in [3.63, 3.8) is 0 Å². The summed E-state index contributed by atoms with van der Waals surface area (Å²) in [6, 6.07) is 16.0. The molecular formula is C22H28N2O2. The average Bonchev–Trinajstić information content (AvgIpc) is 2.61. The summed E-state index contributed by atoms with van der Waals surface area (Å²) in [7, 11) is 0. The first-order valence-electron chi connectivity index (χ1n) is 9.09. The zero-order valence-electron chi connectivity index (χ0n) is 16.2. The van der Waals surface area contributed by atoms with Crippen molar-refractivity contribution in [2.24, 2.45) is 0 Å². The first-order chi connectivity index (χ1) is 12.4. The summed E-state index contributed by atoms with van der Waals surface area (Å²) < 4.78 is 0. The fourth-order valence-corrected chi connectivity index (χ4v) is 3.10. The number of hydrogen-bond acceptors (Lipinski definition) is 2. The van der Waals surface area contributed by atoms with Gasteiger partial charge in [0.05, 0.1) is 0 Å². The Labute approximate surface area is 156 Å². The highest BCUT2D eigenvalue weighted by Gasteiger charge is 2.18. The summed E-state index contributed by atoms with van der Waals surface area (Å²) in [6.07, 6.45) is 0.313. The lowest BCUT2D eigenvalue weighted by Crippen LogP contribution is -2.36. The van der Waals surface area contributed by atoms with Crippen molar-refractivity contribution in [1.82, 2.24) is 4.90 Å². The Bertz CT molecular complexity index is 756. The van der Waals surface area contributed by atoms with Gasteiger partial charge in [0.2, 0.25) is 11.8 Å². The van der Waals surface area contributed by atoms with E-state index in [0.717, 1.165) is 22.4 Å². The van der Waals surface area contributed by atoms with Crippen LogP contribution in [0.2, 0.25) is 0 Å². The van der Waals surface area contributed by atoms with Gasteiger partial charge in [0.1, 0.15) is 0 Å². The molecule has 0 radical (unpaired) electrons. The molecule has 0 aliphatic heterocycles. The SMILES string of the molecule is CCN(Cc1ccccc1)C(=O)CCN(C(C)=O)c1ccc(C)cc1C. The van der Waals surface area contributed by atoms with Gasteiger partial charge in [0.25, 0.3) is 0 Å². The van der Waals surface area contributed by atoms with Crippen LogP contribution < -0.4 is 4.90 Å². The molecule has 0 atom stereocenters. The second-order valence-corrected chi connectivity index (χ2v) is 6.60. The molecule has 0 unspecified atom stereocenters. The molecule has 0 bridgehead atoms. The van der Waals surface area contributed by atoms with Crippen molar-refractivity contribution < 1.29 is 9.59 Å². The first kappa shape index (κ1) is 19.7. The van der Waals surface area contributed by atoms with Crippen molar-refractivity contribution in [3.8, 4) is 0 Å². The molecular weight excluding hydrogens is 324 g/mol. The van der Waals surface area contributed by atoms with E-state index in [9.17, 15) is 9.59 Å². The van der Waals surface area contributed by atoms with Crippen LogP contribution in [-0.4, -0.2) is 29.8 Å². The van der Waals surface area contributed by atoms with E-state index < -0.39 is 0 Å². The zero-order chi connectivity index (χ0) is 19.1. The molecule has 0 saturated carbocycles. The highest BCUT2D eigenvalue weighted by Crippen LogP contribution is 2.22. The monoisotopic (exact) mass is 352 g/mol. The van der Waals surface area contributed by atoms with Gasteiger partial charge in [-0.05, 0) is 38.0 Å². The summed E-state index contributed by atoms with van der Waals surface area (Å²) in [5, 5.41) is 0. The van der Waals surface area contributed by atoms with Gasteiger partial charge in [-0.15, -0.1) is 0 Å². The van der Waals surface area contributed by atoms with Gasteiger partial charge in [-0.2, -0.15) is 0 Å². The molecule has 138 valence electrons. The summed E-state index contributed by atoms with van der Waals surface area (Å²) >= 11 is 0. The summed E-state index contributed by atoms with van der Waals surface area (Å²) in [6.45, 7) is 9.19. The molecule has 4 nitrogen and oxygen atoms in total. The number of amides is 2. The largest absolute Gasteiger partial charge is 0.339 e. The lowest BCUT2D eigenvalue weighted by atomic mass is 10.1. The van der Waals surface area contributed by atoms with Crippen LogP contribution in [0.3, 0.4) is 0 Å². The van der Waals surface area contributed by atoms with E-state index in [1.165, 1.54) is 0 Å². The van der Waals surface area contributed by atoms with E-state index in [1.807, 2.05) is 68.1 Å². The van der Waals surface area contributed by atoms with E-state index in [4.69, 9.17) is 0 Å². The molecule has 0 aliphatic carbocycles. The highest BCUT2D eigenvalue weighted by atomic mass is 16.2. The van der Waals surface area contributed by atoms with Crippen molar-refractivity contribution in [1.29, 1.82) is 0 Å². The second kappa shape index (κ2) is 9.18. The van der Waals surface area contributed by atoms with E-state index in [2.05, 4.69) is 6.07 Å². The van der Waals surface area contributed by atoms with Gasteiger partial charge in [-0.3, -0.25) is 9.59 Å².